The van der Waals surface area contributed by atoms with Crippen LogP contribution >= 0.6 is 0 Å². The fraction of sp³-hybridized carbons (Fsp3) is 0.318. The van der Waals surface area contributed by atoms with Crippen LogP contribution in [-0.2, 0) is 6.54 Å². The van der Waals surface area contributed by atoms with Gasteiger partial charge in [0, 0.05) is 35.5 Å². The van der Waals surface area contributed by atoms with Crippen molar-refractivity contribution in [1.29, 1.82) is 0 Å². The summed E-state index contributed by atoms with van der Waals surface area (Å²) in [6, 6.07) is 7.08. The van der Waals surface area contributed by atoms with Gasteiger partial charge >= 0.3 is 0 Å². The number of nitrogens with one attached hydrogen (secondary N) is 1. The maximum Gasteiger partial charge on any atom is 0.203 e. The van der Waals surface area contributed by atoms with Gasteiger partial charge in [-0.1, -0.05) is 6.07 Å². The van der Waals surface area contributed by atoms with Crippen LogP contribution in [0.1, 0.15) is 29.8 Å². The second-order valence-electron chi connectivity index (χ2n) is 6.79. The van der Waals surface area contributed by atoms with Crippen LogP contribution in [0, 0.1) is 18.6 Å². The van der Waals surface area contributed by atoms with Gasteiger partial charge in [0.2, 0.25) is 5.75 Å². The summed E-state index contributed by atoms with van der Waals surface area (Å²) in [5.74, 6) is 0.424. The van der Waals surface area contributed by atoms with Crippen LogP contribution in [-0.4, -0.2) is 31.1 Å². The summed E-state index contributed by atoms with van der Waals surface area (Å²) in [6.45, 7) is 4.34. The van der Waals surface area contributed by atoms with E-state index < -0.39 is 11.6 Å². The molecule has 0 radical (unpaired) electrons. The highest BCUT2D eigenvalue weighted by atomic mass is 19.1. The van der Waals surface area contributed by atoms with Gasteiger partial charge in [0.1, 0.15) is 11.5 Å². The van der Waals surface area contributed by atoms with Crippen LogP contribution in [0.4, 0.5) is 8.78 Å². The molecule has 30 heavy (non-hydrogen) atoms. The zero-order valence-electron chi connectivity index (χ0n) is 17.6. The monoisotopic (exact) mass is 417 g/mol. The summed E-state index contributed by atoms with van der Waals surface area (Å²) in [4.78, 5) is 0. The zero-order chi connectivity index (χ0) is 21.8. The lowest BCUT2D eigenvalue weighted by Crippen LogP contribution is -2.19. The van der Waals surface area contributed by atoms with E-state index in [1.807, 2.05) is 26.0 Å². The number of halogens is 2. The Bertz CT molecular complexity index is 1040. The van der Waals surface area contributed by atoms with E-state index in [-0.39, 0.29) is 11.7 Å². The number of rotatable bonds is 8. The molecule has 160 valence electrons. The molecule has 3 aromatic rings. The average Bonchev–Trinajstić information content (AvgIpc) is 3.12. The summed E-state index contributed by atoms with van der Waals surface area (Å²) in [7, 11) is 4.71. The quantitative estimate of drug-likeness (QED) is 0.591. The Hall–Kier alpha value is -3.13. The molecule has 1 atom stereocenters. The van der Waals surface area contributed by atoms with Gasteiger partial charge in [-0.25, -0.2) is 13.5 Å². The van der Waals surface area contributed by atoms with E-state index in [0.29, 0.717) is 23.8 Å². The molecule has 1 heterocycles. The Morgan fingerprint density at radius 1 is 1.03 bits per heavy atom. The molecule has 0 saturated heterocycles. The molecule has 0 unspecified atom stereocenters. The van der Waals surface area contributed by atoms with Crippen LogP contribution in [0.25, 0.3) is 5.69 Å². The third-order valence-electron chi connectivity index (χ3n) is 5.04. The molecule has 0 spiro atoms. The standard InChI is InChI=1S/C22H25F2N3O3/c1-13(25-11-15-6-9-20(28-3)22(30-5)21(15)29-4)17-12-26-27(14(17)2)19-8-7-16(23)10-18(19)24/h6-10,12-13,25H,11H2,1-5H3/t13-/m0/s1. The summed E-state index contributed by atoms with van der Waals surface area (Å²) >= 11 is 0. The number of methoxy groups -OCH3 is 3. The summed E-state index contributed by atoms with van der Waals surface area (Å²) in [5.41, 5.74) is 2.77. The summed E-state index contributed by atoms with van der Waals surface area (Å²) < 4.78 is 45.1. The second-order valence-corrected chi connectivity index (χ2v) is 6.79. The van der Waals surface area contributed by atoms with Crippen molar-refractivity contribution in [1.82, 2.24) is 15.1 Å². The Morgan fingerprint density at radius 3 is 2.40 bits per heavy atom. The van der Waals surface area contributed by atoms with Gasteiger partial charge in [0.25, 0.3) is 0 Å². The molecule has 3 rings (SSSR count). The molecule has 8 heteroatoms. The topological polar surface area (TPSA) is 57.5 Å². The lowest BCUT2D eigenvalue weighted by Gasteiger charge is -2.18. The van der Waals surface area contributed by atoms with E-state index in [0.717, 1.165) is 22.9 Å². The number of benzene rings is 2. The second kappa shape index (κ2) is 9.13. The lowest BCUT2D eigenvalue weighted by atomic mass is 10.1. The largest absolute Gasteiger partial charge is 0.493 e. The molecule has 1 aromatic heterocycles. The van der Waals surface area contributed by atoms with Crippen molar-refractivity contribution in [2.45, 2.75) is 26.4 Å². The first-order valence-electron chi connectivity index (χ1n) is 9.42. The van der Waals surface area contributed by atoms with E-state index in [9.17, 15) is 8.78 Å². The van der Waals surface area contributed by atoms with Gasteiger partial charge in [0.05, 0.1) is 27.5 Å². The van der Waals surface area contributed by atoms with E-state index >= 15 is 0 Å². The molecular formula is C22H25F2N3O3. The van der Waals surface area contributed by atoms with Crippen LogP contribution in [0.2, 0.25) is 0 Å². The Morgan fingerprint density at radius 2 is 1.77 bits per heavy atom. The first-order valence-corrected chi connectivity index (χ1v) is 9.42. The number of hydrogen-bond acceptors (Lipinski definition) is 5. The van der Waals surface area contributed by atoms with Gasteiger partial charge in [-0.15, -0.1) is 0 Å². The third-order valence-corrected chi connectivity index (χ3v) is 5.04. The normalized spacial score (nSPS) is 12.0. The number of ether oxygens (including phenoxy) is 3. The predicted octanol–water partition coefficient (Wildman–Crippen LogP) is 4.34. The maximum absolute atomic E-state index is 14.2. The van der Waals surface area contributed by atoms with Crippen LogP contribution in [0.3, 0.4) is 0 Å². The minimum atomic E-state index is -0.663. The molecule has 0 saturated carbocycles. The number of aromatic nitrogens is 2. The maximum atomic E-state index is 14.2. The van der Waals surface area contributed by atoms with Crippen LogP contribution in [0.5, 0.6) is 17.2 Å². The Labute approximate surface area is 174 Å². The fourth-order valence-electron chi connectivity index (χ4n) is 3.42. The van der Waals surface area contributed by atoms with Crippen molar-refractivity contribution in [3.05, 3.63) is 65.0 Å². The minimum Gasteiger partial charge on any atom is -0.493 e. The molecule has 1 N–H and O–H groups in total. The molecule has 0 bridgehead atoms. The number of nitrogens with zero attached hydrogens (tertiary/aromatic N) is 2. The third kappa shape index (κ3) is 4.09. The smallest absolute Gasteiger partial charge is 0.203 e. The van der Waals surface area contributed by atoms with E-state index in [1.54, 1.807) is 27.5 Å². The first-order chi connectivity index (χ1) is 14.4. The van der Waals surface area contributed by atoms with E-state index in [4.69, 9.17) is 14.2 Å². The molecule has 0 aliphatic rings. The van der Waals surface area contributed by atoms with Gasteiger partial charge in [0.15, 0.2) is 17.3 Å². The summed E-state index contributed by atoms with van der Waals surface area (Å²) in [5, 5.41) is 7.71. The van der Waals surface area contributed by atoms with Gasteiger partial charge in [-0.2, -0.15) is 5.10 Å². The first kappa shape index (κ1) is 21.6. The fourth-order valence-corrected chi connectivity index (χ4v) is 3.42. The molecule has 0 amide bonds. The molecule has 2 aromatic carbocycles. The van der Waals surface area contributed by atoms with Crippen molar-refractivity contribution in [3.8, 4) is 22.9 Å². The van der Waals surface area contributed by atoms with Crippen LogP contribution < -0.4 is 19.5 Å². The molecular weight excluding hydrogens is 392 g/mol. The van der Waals surface area contributed by atoms with Crippen molar-refractivity contribution < 1.29 is 23.0 Å². The minimum absolute atomic E-state index is 0.0833. The van der Waals surface area contributed by atoms with Crippen molar-refractivity contribution in [3.63, 3.8) is 0 Å². The van der Waals surface area contributed by atoms with Gasteiger partial charge in [-0.3, -0.25) is 0 Å². The molecule has 0 fully saturated rings. The lowest BCUT2D eigenvalue weighted by molar-refractivity contribution is 0.321. The molecule has 0 aliphatic heterocycles. The zero-order valence-corrected chi connectivity index (χ0v) is 17.6. The Balaban J connectivity index is 1.81. The van der Waals surface area contributed by atoms with Gasteiger partial charge in [-0.05, 0) is 32.0 Å². The highest BCUT2D eigenvalue weighted by molar-refractivity contribution is 5.55. The van der Waals surface area contributed by atoms with Crippen molar-refractivity contribution >= 4 is 0 Å². The van der Waals surface area contributed by atoms with Crippen molar-refractivity contribution in [2.24, 2.45) is 0 Å². The van der Waals surface area contributed by atoms with Crippen molar-refractivity contribution in [2.75, 3.05) is 21.3 Å². The highest BCUT2D eigenvalue weighted by Gasteiger charge is 2.19. The predicted molar refractivity (Wildman–Crippen MR) is 110 cm³/mol. The average molecular weight is 417 g/mol. The number of hydrogen-bond donors (Lipinski definition) is 1. The molecule has 0 aliphatic carbocycles. The van der Waals surface area contributed by atoms with Crippen LogP contribution in [0.15, 0.2) is 36.5 Å². The van der Waals surface area contributed by atoms with E-state index in [1.165, 1.54) is 16.8 Å². The van der Waals surface area contributed by atoms with E-state index in [2.05, 4.69) is 10.4 Å². The summed E-state index contributed by atoms with van der Waals surface area (Å²) in [6.07, 6.45) is 1.68. The highest BCUT2D eigenvalue weighted by Crippen LogP contribution is 2.39. The van der Waals surface area contributed by atoms with Gasteiger partial charge < -0.3 is 19.5 Å². The Kier molecular flexibility index (Phi) is 6.56. The SMILES string of the molecule is COc1ccc(CN[C@@H](C)c2cnn(-c3ccc(F)cc3F)c2C)c(OC)c1OC. The molecule has 6 nitrogen and oxygen atoms in total.